The molecule has 4 aliphatic rings. The van der Waals surface area contributed by atoms with Crippen LogP contribution in [0.15, 0.2) is 35.6 Å². The van der Waals surface area contributed by atoms with Gasteiger partial charge in [0.2, 0.25) is 0 Å². The number of anilines is 1. The maximum absolute atomic E-state index is 13.6. The molecule has 4 atom stereocenters. The number of benzene rings is 1. The zero-order valence-corrected chi connectivity index (χ0v) is 15.8. The minimum atomic E-state index is -1.45. The molecule has 5 rings (SSSR count). The van der Waals surface area contributed by atoms with Gasteiger partial charge in [0, 0.05) is 30.7 Å². The number of alkyl halides is 1. The standard InChI is InChI=1S/C20H19ClN2O4/c1-22-13-6-4-3-5-12(13)20(19(22)26)15-16(24)11-9-10(21)7-8-14(11)27-17(15)18(25)23(20)2/h3-6,10-11,14H,7-9H2,1-2H3. The molecule has 3 heterocycles. The Hall–Kier alpha value is -2.34. The van der Waals surface area contributed by atoms with E-state index in [0.29, 0.717) is 24.1 Å². The Balaban J connectivity index is 1.75. The Morgan fingerprint density at radius 3 is 2.67 bits per heavy atom. The average Bonchev–Trinajstić information content (AvgIpc) is 3.03. The van der Waals surface area contributed by atoms with Crippen LogP contribution in [0.5, 0.6) is 0 Å². The molecular weight excluding hydrogens is 368 g/mol. The molecule has 0 bridgehead atoms. The van der Waals surface area contributed by atoms with Crippen molar-refractivity contribution in [1.82, 2.24) is 4.90 Å². The number of hydrogen-bond acceptors (Lipinski definition) is 4. The van der Waals surface area contributed by atoms with Crippen LogP contribution in [0.2, 0.25) is 0 Å². The molecule has 1 fully saturated rings. The van der Waals surface area contributed by atoms with Crippen molar-refractivity contribution in [3.63, 3.8) is 0 Å². The number of halogens is 1. The molecular formula is C20H19ClN2O4. The molecule has 0 saturated heterocycles. The van der Waals surface area contributed by atoms with E-state index >= 15 is 0 Å². The molecule has 1 saturated carbocycles. The van der Waals surface area contributed by atoms with E-state index in [0.717, 1.165) is 6.42 Å². The van der Waals surface area contributed by atoms with Crippen molar-refractivity contribution in [3.8, 4) is 0 Å². The molecule has 1 aromatic carbocycles. The van der Waals surface area contributed by atoms with Gasteiger partial charge in [-0.2, -0.15) is 0 Å². The first kappa shape index (κ1) is 16.8. The largest absolute Gasteiger partial charge is 0.483 e. The van der Waals surface area contributed by atoms with Crippen LogP contribution in [-0.2, 0) is 24.7 Å². The fourth-order valence-electron chi connectivity index (χ4n) is 5.09. The first-order valence-corrected chi connectivity index (χ1v) is 9.58. The molecule has 140 valence electrons. The van der Waals surface area contributed by atoms with Crippen molar-refractivity contribution in [3.05, 3.63) is 41.2 Å². The summed E-state index contributed by atoms with van der Waals surface area (Å²) in [5.41, 5.74) is 0.0829. The molecule has 1 spiro atoms. The number of ketones is 1. The smallest absolute Gasteiger partial charge is 0.290 e. The minimum Gasteiger partial charge on any atom is -0.483 e. The second-order valence-electron chi connectivity index (χ2n) is 7.70. The Morgan fingerprint density at radius 2 is 1.89 bits per heavy atom. The van der Waals surface area contributed by atoms with E-state index in [4.69, 9.17) is 16.3 Å². The number of amides is 2. The number of carbonyl (C=O) groups excluding carboxylic acids is 3. The molecule has 3 aliphatic heterocycles. The summed E-state index contributed by atoms with van der Waals surface area (Å²) in [4.78, 5) is 42.9. The van der Waals surface area contributed by atoms with E-state index in [2.05, 4.69) is 0 Å². The van der Waals surface area contributed by atoms with E-state index in [9.17, 15) is 14.4 Å². The number of hydrogen-bond donors (Lipinski definition) is 0. The lowest BCUT2D eigenvalue weighted by Gasteiger charge is -2.39. The van der Waals surface area contributed by atoms with Gasteiger partial charge in [-0.1, -0.05) is 18.2 Å². The number of likely N-dealkylation sites (N-methyl/N-ethyl adjacent to an activating group) is 2. The third-order valence-corrected chi connectivity index (χ3v) is 6.83. The van der Waals surface area contributed by atoms with Crippen LogP contribution in [0.4, 0.5) is 5.69 Å². The van der Waals surface area contributed by atoms with Crippen LogP contribution >= 0.6 is 11.6 Å². The van der Waals surface area contributed by atoms with Gasteiger partial charge < -0.3 is 14.5 Å². The Morgan fingerprint density at radius 1 is 1.15 bits per heavy atom. The maximum atomic E-state index is 13.6. The summed E-state index contributed by atoms with van der Waals surface area (Å²) in [6, 6.07) is 7.28. The molecule has 4 unspecified atom stereocenters. The van der Waals surface area contributed by atoms with E-state index in [1.165, 1.54) is 9.80 Å². The summed E-state index contributed by atoms with van der Waals surface area (Å²) in [6.45, 7) is 0. The van der Waals surface area contributed by atoms with Crippen molar-refractivity contribution < 1.29 is 19.1 Å². The topological polar surface area (TPSA) is 66.9 Å². The van der Waals surface area contributed by atoms with Crippen LogP contribution in [0.3, 0.4) is 0 Å². The molecule has 6 nitrogen and oxygen atoms in total. The minimum absolute atomic E-state index is 0.0372. The molecule has 0 radical (unpaired) electrons. The SMILES string of the molecule is CN1C(=O)C2(C3=C(OC4CCC(Cl)CC4C3=O)C(=O)N2C)c2ccccc21. The van der Waals surface area contributed by atoms with Gasteiger partial charge in [0.15, 0.2) is 17.1 Å². The van der Waals surface area contributed by atoms with Crippen molar-refractivity contribution in [2.45, 2.75) is 36.3 Å². The van der Waals surface area contributed by atoms with E-state index in [1.54, 1.807) is 20.2 Å². The lowest BCUT2D eigenvalue weighted by atomic mass is 9.73. The predicted octanol–water partition coefficient (Wildman–Crippen LogP) is 1.96. The molecule has 1 aromatic rings. The number of rotatable bonds is 0. The second kappa shape index (κ2) is 5.35. The van der Waals surface area contributed by atoms with E-state index in [1.807, 2.05) is 18.2 Å². The van der Waals surface area contributed by atoms with Crippen LogP contribution in [0, 0.1) is 5.92 Å². The fourth-order valence-corrected chi connectivity index (χ4v) is 5.41. The quantitative estimate of drug-likeness (QED) is 0.639. The summed E-state index contributed by atoms with van der Waals surface area (Å²) in [5, 5.41) is -0.0963. The molecule has 7 heteroatoms. The van der Waals surface area contributed by atoms with Gasteiger partial charge in [0.05, 0.1) is 11.5 Å². The molecule has 1 aliphatic carbocycles. The summed E-state index contributed by atoms with van der Waals surface area (Å²) < 4.78 is 6.04. The van der Waals surface area contributed by atoms with Crippen LogP contribution < -0.4 is 4.90 Å². The van der Waals surface area contributed by atoms with Gasteiger partial charge in [-0.3, -0.25) is 14.4 Å². The first-order chi connectivity index (χ1) is 12.9. The van der Waals surface area contributed by atoms with Gasteiger partial charge in [-0.25, -0.2) is 0 Å². The summed E-state index contributed by atoms with van der Waals surface area (Å²) in [5.74, 6) is -1.28. The van der Waals surface area contributed by atoms with Crippen molar-refractivity contribution >= 4 is 34.9 Å². The van der Waals surface area contributed by atoms with Crippen LogP contribution in [0.1, 0.15) is 24.8 Å². The van der Waals surface area contributed by atoms with Crippen LogP contribution in [0.25, 0.3) is 0 Å². The third-order valence-electron chi connectivity index (χ3n) is 6.44. The van der Waals surface area contributed by atoms with E-state index in [-0.39, 0.29) is 34.5 Å². The van der Waals surface area contributed by atoms with Gasteiger partial charge in [0.25, 0.3) is 11.8 Å². The highest BCUT2D eigenvalue weighted by molar-refractivity contribution is 6.24. The zero-order chi connectivity index (χ0) is 19.1. The lowest BCUT2D eigenvalue weighted by Crippen LogP contribution is -2.53. The predicted molar refractivity (Wildman–Crippen MR) is 98.2 cm³/mol. The molecule has 27 heavy (non-hydrogen) atoms. The Labute approximate surface area is 161 Å². The number of Topliss-reactive ketones (excluding diaryl/α,β-unsaturated/α-hetero) is 1. The highest BCUT2D eigenvalue weighted by atomic mass is 35.5. The van der Waals surface area contributed by atoms with E-state index < -0.39 is 17.4 Å². The number of fused-ring (bicyclic) bond motifs is 4. The van der Waals surface area contributed by atoms with Crippen LogP contribution in [-0.4, -0.2) is 48.1 Å². The summed E-state index contributed by atoms with van der Waals surface area (Å²) >= 11 is 6.31. The zero-order valence-electron chi connectivity index (χ0n) is 15.1. The van der Waals surface area contributed by atoms with Gasteiger partial charge >= 0.3 is 0 Å². The normalized spacial score (nSPS) is 34.8. The fraction of sp³-hybridized carbons (Fsp3) is 0.450. The second-order valence-corrected chi connectivity index (χ2v) is 8.31. The van der Waals surface area contributed by atoms with Crippen molar-refractivity contribution in [1.29, 1.82) is 0 Å². The maximum Gasteiger partial charge on any atom is 0.290 e. The van der Waals surface area contributed by atoms with Gasteiger partial charge in [0.1, 0.15) is 6.10 Å². The Bertz CT molecular complexity index is 942. The first-order valence-electron chi connectivity index (χ1n) is 9.14. The Kier molecular flexibility index (Phi) is 3.33. The number of carbonyl (C=O) groups is 3. The van der Waals surface area contributed by atoms with Gasteiger partial charge in [-0.15, -0.1) is 11.6 Å². The molecule has 2 amide bonds. The number of para-hydroxylation sites is 1. The monoisotopic (exact) mass is 386 g/mol. The average molecular weight is 387 g/mol. The third kappa shape index (κ3) is 1.84. The highest BCUT2D eigenvalue weighted by Gasteiger charge is 2.67. The molecule has 0 aromatic heterocycles. The number of ether oxygens (including phenoxy) is 1. The summed E-state index contributed by atoms with van der Waals surface area (Å²) in [6.07, 6.45) is 1.54. The lowest BCUT2D eigenvalue weighted by molar-refractivity contribution is -0.138. The van der Waals surface area contributed by atoms with Crippen molar-refractivity contribution in [2.24, 2.45) is 5.92 Å². The van der Waals surface area contributed by atoms with Gasteiger partial charge in [-0.05, 0) is 25.3 Å². The summed E-state index contributed by atoms with van der Waals surface area (Å²) in [7, 11) is 3.23. The number of nitrogens with zero attached hydrogens (tertiary/aromatic N) is 2. The molecule has 0 N–H and O–H groups in total. The van der Waals surface area contributed by atoms with Crippen molar-refractivity contribution in [2.75, 3.05) is 19.0 Å². The highest BCUT2D eigenvalue weighted by Crippen LogP contribution is 2.55.